The number of aryl methyl sites for hydroxylation is 1. The lowest BCUT2D eigenvalue weighted by Crippen LogP contribution is -3.15. The smallest absolute Gasteiger partial charge is 0.341 e. The van der Waals surface area contributed by atoms with Gasteiger partial charge in [0.1, 0.15) is 18.1 Å². The maximum absolute atomic E-state index is 12.3. The summed E-state index contributed by atoms with van der Waals surface area (Å²) in [5.41, 5.74) is 1.64. The van der Waals surface area contributed by atoms with Crippen molar-refractivity contribution in [2.75, 3.05) is 45.3 Å². The van der Waals surface area contributed by atoms with Gasteiger partial charge in [0.05, 0.1) is 25.9 Å². The first kappa shape index (κ1) is 16.4. The Morgan fingerprint density at radius 1 is 1.26 bits per heavy atom. The van der Waals surface area contributed by atoms with E-state index >= 15 is 0 Å². The number of carbonyl (C=O) groups excluding carboxylic acids is 2. The number of quaternary nitrogens is 1. The zero-order chi connectivity index (χ0) is 16.2. The highest BCUT2D eigenvalue weighted by Gasteiger charge is 2.27. The Kier molecular flexibility index (Phi) is 5.30. The van der Waals surface area contributed by atoms with E-state index in [1.807, 2.05) is 0 Å². The van der Waals surface area contributed by atoms with Crippen LogP contribution in [0.25, 0.3) is 0 Å². The van der Waals surface area contributed by atoms with Crippen LogP contribution in [0.2, 0.25) is 0 Å². The second-order valence-corrected chi connectivity index (χ2v) is 7.10. The van der Waals surface area contributed by atoms with Gasteiger partial charge in [-0.1, -0.05) is 0 Å². The molecule has 0 radical (unpaired) electrons. The Labute approximate surface area is 139 Å². The molecule has 0 spiro atoms. The summed E-state index contributed by atoms with van der Waals surface area (Å²) >= 11 is 1.53. The van der Waals surface area contributed by atoms with E-state index in [9.17, 15) is 9.59 Å². The third-order valence-corrected chi connectivity index (χ3v) is 5.63. The molecule has 2 aliphatic rings. The van der Waals surface area contributed by atoms with Crippen molar-refractivity contribution >= 4 is 28.2 Å². The van der Waals surface area contributed by atoms with Crippen molar-refractivity contribution in [3.8, 4) is 0 Å². The molecule has 1 amide bonds. The standard InChI is InChI=1S/C16H22N2O4S/c1-21-16(20)14-11-4-2-3-5-12(11)23-15(14)17-13(19)10-18-6-8-22-9-7-18/h2-10H2,1H3,(H,17,19)/p+1. The second-order valence-electron chi connectivity index (χ2n) is 5.99. The van der Waals surface area contributed by atoms with Crippen LogP contribution >= 0.6 is 11.3 Å². The molecule has 7 heteroatoms. The van der Waals surface area contributed by atoms with Gasteiger partial charge in [0, 0.05) is 4.88 Å². The van der Waals surface area contributed by atoms with Crippen LogP contribution in [0.1, 0.15) is 33.6 Å². The largest absolute Gasteiger partial charge is 0.465 e. The molecular formula is C16H23N2O4S+. The van der Waals surface area contributed by atoms with Crippen molar-refractivity contribution in [3.63, 3.8) is 0 Å². The van der Waals surface area contributed by atoms with Gasteiger partial charge in [-0.2, -0.15) is 0 Å². The van der Waals surface area contributed by atoms with Crippen LogP contribution in [-0.4, -0.2) is 51.8 Å². The number of hydrogen-bond donors (Lipinski definition) is 2. The molecule has 0 atom stereocenters. The summed E-state index contributed by atoms with van der Waals surface area (Å²) in [6.07, 6.45) is 4.09. The SMILES string of the molecule is COC(=O)c1c(NC(=O)C[NH+]2CCOCC2)sc2c1CCCC2. The van der Waals surface area contributed by atoms with Gasteiger partial charge in [0.25, 0.3) is 5.91 Å². The lowest BCUT2D eigenvalue weighted by molar-refractivity contribution is -0.899. The van der Waals surface area contributed by atoms with Crippen molar-refractivity contribution in [2.24, 2.45) is 0 Å². The molecule has 6 nitrogen and oxygen atoms in total. The highest BCUT2D eigenvalue weighted by Crippen LogP contribution is 2.38. The van der Waals surface area contributed by atoms with Crippen LogP contribution in [0.5, 0.6) is 0 Å². The molecule has 0 saturated carbocycles. The number of amides is 1. The first-order valence-electron chi connectivity index (χ1n) is 8.13. The van der Waals surface area contributed by atoms with E-state index in [2.05, 4.69) is 5.32 Å². The fourth-order valence-corrected chi connectivity index (χ4v) is 4.50. The lowest BCUT2D eigenvalue weighted by Gasteiger charge is -2.23. The van der Waals surface area contributed by atoms with Gasteiger partial charge < -0.3 is 19.7 Å². The number of carbonyl (C=O) groups is 2. The molecule has 23 heavy (non-hydrogen) atoms. The number of anilines is 1. The summed E-state index contributed by atoms with van der Waals surface area (Å²) in [6, 6.07) is 0. The number of morpholine rings is 1. The average Bonchev–Trinajstić information content (AvgIpc) is 2.92. The number of thiophene rings is 1. The van der Waals surface area contributed by atoms with E-state index in [1.54, 1.807) is 0 Å². The van der Waals surface area contributed by atoms with E-state index in [0.29, 0.717) is 30.3 Å². The lowest BCUT2D eigenvalue weighted by atomic mass is 9.95. The van der Waals surface area contributed by atoms with Crippen molar-refractivity contribution in [1.29, 1.82) is 0 Å². The molecule has 0 bridgehead atoms. The minimum atomic E-state index is -0.349. The minimum absolute atomic E-state index is 0.0503. The molecule has 2 N–H and O–H groups in total. The molecule has 1 fully saturated rings. The predicted molar refractivity (Wildman–Crippen MR) is 87.3 cm³/mol. The summed E-state index contributed by atoms with van der Waals surface area (Å²) in [5, 5.41) is 3.60. The quantitative estimate of drug-likeness (QED) is 0.773. The monoisotopic (exact) mass is 339 g/mol. The van der Waals surface area contributed by atoms with Crippen LogP contribution in [0.3, 0.4) is 0 Å². The van der Waals surface area contributed by atoms with Crippen LogP contribution in [-0.2, 0) is 27.1 Å². The van der Waals surface area contributed by atoms with Crippen molar-refractivity contribution < 1.29 is 24.0 Å². The average molecular weight is 339 g/mol. The number of esters is 1. The highest BCUT2D eigenvalue weighted by molar-refractivity contribution is 7.17. The topological polar surface area (TPSA) is 69.1 Å². The van der Waals surface area contributed by atoms with Gasteiger partial charge in [-0.25, -0.2) is 4.79 Å². The summed E-state index contributed by atoms with van der Waals surface area (Å²) in [7, 11) is 1.39. The van der Waals surface area contributed by atoms with Crippen LogP contribution in [0.4, 0.5) is 5.00 Å². The Balaban J connectivity index is 1.74. The number of methoxy groups -OCH3 is 1. The fourth-order valence-electron chi connectivity index (χ4n) is 3.21. The summed E-state index contributed by atoms with van der Waals surface area (Å²) in [5.74, 6) is -0.399. The van der Waals surface area contributed by atoms with E-state index in [-0.39, 0.29) is 11.9 Å². The Morgan fingerprint density at radius 2 is 2.00 bits per heavy atom. The van der Waals surface area contributed by atoms with E-state index in [1.165, 1.54) is 28.2 Å². The van der Waals surface area contributed by atoms with Crippen molar-refractivity contribution in [1.82, 2.24) is 0 Å². The number of fused-ring (bicyclic) bond motifs is 1. The normalized spacial score (nSPS) is 18.3. The van der Waals surface area contributed by atoms with Gasteiger partial charge in [-0.05, 0) is 31.2 Å². The molecule has 0 unspecified atom stereocenters. The van der Waals surface area contributed by atoms with Crippen LogP contribution in [0, 0.1) is 0 Å². The van der Waals surface area contributed by atoms with Gasteiger partial charge in [0.15, 0.2) is 6.54 Å². The first-order valence-corrected chi connectivity index (χ1v) is 8.94. The third kappa shape index (κ3) is 3.73. The number of nitrogens with one attached hydrogen (secondary N) is 2. The summed E-state index contributed by atoms with van der Waals surface area (Å²) < 4.78 is 10.2. The minimum Gasteiger partial charge on any atom is -0.465 e. The number of rotatable bonds is 4. The molecule has 2 heterocycles. The third-order valence-electron chi connectivity index (χ3n) is 4.42. The fraction of sp³-hybridized carbons (Fsp3) is 0.625. The zero-order valence-corrected chi connectivity index (χ0v) is 14.2. The number of ether oxygens (including phenoxy) is 2. The number of hydrogen-bond acceptors (Lipinski definition) is 5. The predicted octanol–water partition coefficient (Wildman–Crippen LogP) is 0.267. The summed E-state index contributed by atoms with van der Waals surface area (Å²) in [6.45, 7) is 3.50. The van der Waals surface area contributed by atoms with Crippen molar-refractivity contribution in [3.05, 3.63) is 16.0 Å². The molecule has 1 aliphatic carbocycles. The van der Waals surface area contributed by atoms with Gasteiger partial charge in [-0.3, -0.25) is 4.79 Å². The molecule has 3 rings (SSSR count). The van der Waals surface area contributed by atoms with E-state index in [0.717, 1.165) is 44.3 Å². The van der Waals surface area contributed by atoms with Crippen LogP contribution < -0.4 is 10.2 Å². The Morgan fingerprint density at radius 3 is 2.74 bits per heavy atom. The van der Waals surface area contributed by atoms with E-state index < -0.39 is 0 Å². The maximum Gasteiger partial charge on any atom is 0.341 e. The molecule has 1 aromatic heterocycles. The van der Waals surface area contributed by atoms with E-state index in [4.69, 9.17) is 9.47 Å². The molecule has 126 valence electrons. The first-order chi connectivity index (χ1) is 11.2. The molecule has 1 aromatic rings. The molecule has 1 aliphatic heterocycles. The van der Waals surface area contributed by atoms with Crippen LogP contribution in [0.15, 0.2) is 0 Å². The Bertz CT molecular complexity index is 593. The highest BCUT2D eigenvalue weighted by atomic mass is 32.1. The molecular weight excluding hydrogens is 316 g/mol. The van der Waals surface area contributed by atoms with Gasteiger partial charge >= 0.3 is 5.97 Å². The second kappa shape index (κ2) is 7.42. The van der Waals surface area contributed by atoms with Gasteiger partial charge in [0.2, 0.25) is 0 Å². The van der Waals surface area contributed by atoms with Crippen molar-refractivity contribution in [2.45, 2.75) is 25.7 Å². The zero-order valence-electron chi connectivity index (χ0n) is 13.4. The van der Waals surface area contributed by atoms with Gasteiger partial charge in [-0.15, -0.1) is 11.3 Å². The molecule has 0 aromatic carbocycles. The Hall–Kier alpha value is -1.44. The maximum atomic E-state index is 12.3. The summed E-state index contributed by atoms with van der Waals surface area (Å²) in [4.78, 5) is 26.9. The molecule has 1 saturated heterocycles.